The minimum absolute atomic E-state index is 0.0450. The lowest BCUT2D eigenvalue weighted by Crippen LogP contribution is -2.22. The molecule has 5 heteroatoms. The summed E-state index contributed by atoms with van der Waals surface area (Å²) in [4.78, 5) is 0. The molecule has 0 bridgehead atoms. The highest BCUT2D eigenvalue weighted by molar-refractivity contribution is 6.30. The smallest absolute Gasteiger partial charge is 0.183 e. The van der Waals surface area contributed by atoms with Crippen LogP contribution in [-0.2, 0) is 13.2 Å². The first-order chi connectivity index (χ1) is 9.58. The third-order valence-corrected chi connectivity index (χ3v) is 3.11. The van der Waals surface area contributed by atoms with E-state index in [1.165, 1.54) is 12.1 Å². The van der Waals surface area contributed by atoms with E-state index < -0.39 is 5.82 Å². The van der Waals surface area contributed by atoms with Crippen LogP contribution >= 0.6 is 11.6 Å². The van der Waals surface area contributed by atoms with Gasteiger partial charge < -0.3 is 14.5 Å². The molecule has 0 aliphatic heterocycles. The van der Waals surface area contributed by atoms with E-state index in [0.29, 0.717) is 18.3 Å². The molecular formula is C15H17ClFNO2. The molecule has 0 amide bonds. The monoisotopic (exact) mass is 297 g/mol. The van der Waals surface area contributed by atoms with Gasteiger partial charge in [0.05, 0.1) is 11.3 Å². The number of nitrogens with one attached hydrogen (secondary N) is 1. The zero-order valence-electron chi connectivity index (χ0n) is 11.5. The Balaban J connectivity index is 2.00. The SMILES string of the molecule is CC(C)NCc1ccoc1COc1cccc(Cl)c1F. The molecule has 2 aromatic rings. The molecule has 0 atom stereocenters. The largest absolute Gasteiger partial charge is 0.483 e. The standard InChI is InChI=1S/C15H17ClFNO2/c1-10(2)18-8-11-6-7-19-14(11)9-20-13-5-3-4-12(16)15(13)17/h3-7,10,18H,8-9H2,1-2H3. The maximum absolute atomic E-state index is 13.7. The number of rotatable bonds is 6. The van der Waals surface area contributed by atoms with Gasteiger partial charge in [0.2, 0.25) is 0 Å². The van der Waals surface area contributed by atoms with Gasteiger partial charge in [0.25, 0.3) is 0 Å². The summed E-state index contributed by atoms with van der Waals surface area (Å²) in [5.74, 6) is 0.247. The van der Waals surface area contributed by atoms with Gasteiger partial charge in [-0.25, -0.2) is 4.39 Å². The predicted molar refractivity (Wildman–Crippen MR) is 76.4 cm³/mol. The van der Waals surface area contributed by atoms with Crippen molar-refractivity contribution in [2.75, 3.05) is 0 Å². The number of hydrogen-bond donors (Lipinski definition) is 1. The van der Waals surface area contributed by atoms with E-state index in [2.05, 4.69) is 19.2 Å². The lowest BCUT2D eigenvalue weighted by atomic mass is 10.2. The first-order valence-corrected chi connectivity index (χ1v) is 6.81. The molecule has 0 aliphatic rings. The summed E-state index contributed by atoms with van der Waals surface area (Å²) in [7, 11) is 0. The third kappa shape index (κ3) is 3.74. The van der Waals surface area contributed by atoms with Gasteiger partial charge in [-0.3, -0.25) is 0 Å². The van der Waals surface area contributed by atoms with Crippen LogP contribution in [0.3, 0.4) is 0 Å². The summed E-state index contributed by atoms with van der Waals surface area (Å²) in [5.41, 5.74) is 1.00. The van der Waals surface area contributed by atoms with Crippen LogP contribution < -0.4 is 10.1 Å². The minimum Gasteiger partial charge on any atom is -0.483 e. The van der Waals surface area contributed by atoms with Gasteiger partial charge >= 0.3 is 0 Å². The second-order valence-electron chi connectivity index (χ2n) is 4.75. The van der Waals surface area contributed by atoms with Crippen LogP contribution in [0.4, 0.5) is 4.39 Å². The van der Waals surface area contributed by atoms with E-state index in [4.69, 9.17) is 20.8 Å². The van der Waals surface area contributed by atoms with Crippen molar-refractivity contribution in [2.45, 2.75) is 33.0 Å². The van der Waals surface area contributed by atoms with Gasteiger partial charge in [0.15, 0.2) is 11.6 Å². The van der Waals surface area contributed by atoms with Crippen LogP contribution in [0.15, 0.2) is 34.9 Å². The molecular weight excluding hydrogens is 281 g/mol. The van der Waals surface area contributed by atoms with Crippen molar-refractivity contribution in [3.8, 4) is 5.75 Å². The molecule has 0 saturated heterocycles. The summed E-state index contributed by atoms with van der Waals surface area (Å²) < 4.78 is 24.5. The van der Waals surface area contributed by atoms with Gasteiger partial charge in [-0.1, -0.05) is 31.5 Å². The Morgan fingerprint density at radius 1 is 1.35 bits per heavy atom. The van der Waals surface area contributed by atoms with E-state index >= 15 is 0 Å². The zero-order valence-corrected chi connectivity index (χ0v) is 12.2. The molecule has 108 valence electrons. The van der Waals surface area contributed by atoms with Crippen molar-refractivity contribution in [3.05, 3.63) is 52.7 Å². The normalized spacial score (nSPS) is 11.1. The molecule has 1 N–H and O–H groups in total. The van der Waals surface area contributed by atoms with Crippen molar-refractivity contribution < 1.29 is 13.5 Å². The molecule has 0 fully saturated rings. The highest BCUT2D eigenvalue weighted by atomic mass is 35.5. The average molecular weight is 298 g/mol. The third-order valence-electron chi connectivity index (χ3n) is 2.81. The van der Waals surface area contributed by atoms with Crippen LogP contribution in [0.5, 0.6) is 5.75 Å². The molecule has 2 rings (SSSR count). The van der Waals surface area contributed by atoms with Crippen LogP contribution in [0.25, 0.3) is 0 Å². The van der Waals surface area contributed by atoms with Crippen LogP contribution in [0.2, 0.25) is 5.02 Å². The molecule has 0 unspecified atom stereocenters. The zero-order chi connectivity index (χ0) is 14.5. The molecule has 20 heavy (non-hydrogen) atoms. The van der Waals surface area contributed by atoms with Crippen molar-refractivity contribution in [1.29, 1.82) is 0 Å². The number of halogens is 2. The lowest BCUT2D eigenvalue weighted by molar-refractivity contribution is 0.256. The van der Waals surface area contributed by atoms with Gasteiger partial charge in [-0.2, -0.15) is 0 Å². The van der Waals surface area contributed by atoms with Crippen molar-refractivity contribution >= 4 is 11.6 Å². The maximum Gasteiger partial charge on any atom is 0.183 e. The maximum atomic E-state index is 13.7. The van der Waals surface area contributed by atoms with Gasteiger partial charge in [0.1, 0.15) is 12.4 Å². The summed E-state index contributed by atoms with van der Waals surface area (Å²) in [6, 6.07) is 6.92. The first kappa shape index (κ1) is 14.9. The Hall–Kier alpha value is -1.52. The average Bonchev–Trinajstić information content (AvgIpc) is 2.85. The Morgan fingerprint density at radius 2 is 2.15 bits per heavy atom. The van der Waals surface area contributed by atoms with Gasteiger partial charge in [-0.05, 0) is 18.2 Å². The highest BCUT2D eigenvalue weighted by Crippen LogP contribution is 2.25. The molecule has 0 spiro atoms. The van der Waals surface area contributed by atoms with E-state index in [0.717, 1.165) is 5.56 Å². The van der Waals surface area contributed by atoms with E-state index in [-0.39, 0.29) is 17.4 Å². The second-order valence-corrected chi connectivity index (χ2v) is 5.15. The summed E-state index contributed by atoms with van der Waals surface area (Å²) in [5, 5.41) is 3.34. The summed E-state index contributed by atoms with van der Waals surface area (Å²) in [6.45, 7) is 4.99. The molecule has 1 aromatic heterocycles. The molecule has 3 nitrogen and oxygen atoms in total. The van der Waals surface area contributed by atoms with Gasteiger partial charge in [-0.15, -0.1) is 0 Å². The van der Waals surface area contributed by atoms with Crippen molar-refractivity contribution in [2.24, 2.45) is 0 Å². The fourth-order valence-corrected chi connectivity index (χ4v) is 1.87. The first-order valence-electron chi connectivity index (χ1n) is 6.43. The van der Waals surface area contributed by atoms with Crippen molar-refractivity contribution in [1.82, 2.24) is 5.32 Å². The van der Waals surface area contributed by atoms with E-state index in [1.807, 2.05) is 6.07 Å². The highest BCUT2D eigenvalue weighted by Gasteiger charge is 2.11. The topological polar surface area (TPSA) is 34.4 Å². The number of benzene rings is 1. The molecule has 1 aromatic carbocycles. The van der Waals surface area contributed by atoms with Crippen LogP contribution in [0.1, 0.15) is 25.2 Å². The summed E-state index contributed by atoms with van der Waals surface area (Å²) >= 11 is 5.70. The Morgan fingerprint density at radius 3 is 2.90 bits per heavy atom. The number of ether oxygens (including phenoxy) is 1. The number of furan rings is 1. The molecule has 0 radical (unpaired) electrons. The summed E-state index contributed by atoms with van der Waals surface area (Å²) in [6.07, 6.45) is 1.60. The van der Waals surface area contributed by atoms with Crippen molar-refractivity contribution in [3.63, 3.8) is 0 Å². The van der Waals surface area contributed by atoms with E-state index in [1.54, 1.807) is 12.3 Å². The lowest BCUT2D eigenvalue weighted by Gasteiger charge is -2.10. The fraction of sp³-hybridized carbons (Fsp3) is 0.333. The molecule has 1 heterocycles. The Labute approximate surface area is 122 Å². The van der Waals surface area contributed by atoms with Crippen LogP contribution in [-0.4, -0.2) is 6.04 Å². The quantitative estimate of drug-likeness (QED) is 0.870. The second kappa shape index (κ2) is 6.77. The minimum atomic E-state index is -0.553. The Kier molecular flexibility index (Phi) is 5.04. The fourth-order valence-electron chi connectivity index (χ4n) is 1.70. The Bertz CT molecular complexity index is 569. The molecule has 0 aliphatic carbocycles. The number of hydrogen-bond acceptors (Lipinski definition) is 3. The van der Waals surface area contributed by atoms with Gasteiger partial charge in [0, 0.05) is 18.2 Å². The molecule has 0 saturated carbocycles. The van der Waals surface area contributed by atoms with E-state index in [9.17, 15) is 4.39 Å². The predicted octanol–water partition coefficient (Wildman–Crippen LogP) is 4.15. The van der Waals surface area contributed by atoms with Crippen LogP contribution in [0, 0.1) is 5.82 Å².